The maximum absolute atomic E-state index is 12.1. The highest BCUT2D eigenvalue weighted by Gasteiger charge is 2.17. The lowest BCUT2D eigenvalue weighted by molar-refractivity contribution is 0.0986. The van der Waals surface area contributed by atoms with Crippen molar-refractivity contribution in [3.05, 3.63) is 65.7 Å². The molecule has 3 heteroatoms. The van der Waals surface area contributed by atoms with Crippen LogP contribution in [0.3, 0.4) is 0 Å². The summed E-state index contributed by atoms with van der Waals surface area (Å²) < 4.78 is 5.09. The molecule has 2 aromatic rings. The summed E-state index contributed by atoms with van der Waals surface area (Å²) in [7, 11) is 1.62. The van der Waals surface area contributed by atoms with Crippen LogP contribution >= 0.6 is 11.6 Å². The highest BCUT2D eigenvalue weighted by atomic mass is 35.5. The smallest absolute Gasteiger partial charge is 0.180 e. The van der Waals surface area contributed by atoms with E-state index in [1.165, 1.54) is 0 Å². The third kappa shape index (κ3) is 3.58. The van der Waals surface area contributed by atoms with Crippen molar-refractivity contribution in [2.75, 3.05) is 7.11 Å². The molecule has 0 N–H and O–H groups in total. The fourth-order valence-electron chi connectivity index (χ4n) is 1.84. The van der Waals surface area contributed by atoms with Crippen LogP contribution in [0.1, 0.15) is 15.9 Å². The molecule has 0 aliphatic rings. The number of rotatable bonds is 5. The van der Waals surface area contributed by atoms with E-state index in [0.717, 1.165) is 11.3 Å². The average Bonchev–Trinajstić information content (AvgIpc) is 2.48. The first-order valence-corrected chi connectivity index (χ1v) is 6.50. The molecule has 98 valence electrons. The van der Waals surface area contributed by atoms with E-state index in [0.29, 0.717) is 12.0 Å². The molecule has 2 aromatic carbocycles. The van der Waals surface area contributed by atoms with Crippen LogP contribution < -0.4 is 4.74 Å². The first kappa shape index (κ1) is 13.6. The molecule has 0 aliphatic carbocycles. The van der Waals surface area contributed by atoms with Gasteiger partial charge in [0.2, 0.25) is 0 Å². The number of ether oxygens (including phenoxy) is 1. The van der Waals surface area contributed by atoms with E-state index in [1.807, 2.05) is 42.5 Å². The molecule has 1 atom stereocenters. The summed E-state index contributed by atoms with van der Waals surface area (Å²) in [5.41, 5.74) is 1.67. The molecule has 2 nitrogen and oxygen atoms in total. The number of Topliss-reactive ketones (excluding diaryl/α,β-unsaturated/α-hetero) is 1. The first-order chi connectivity index (χ1) is 9.20. The molecule has 1 unspecified atom stereocenters. The van der Waals surface area contributed by atoms with Gasteiger partial charge < -0.3 is 4.74 Å². The molecule has 2 rings (SSSR count). The number of carbonyl (C=O) groups is 1. The lowest BCUT2D eigenvalue weighted by atomic mass is 10.0. The fraction of sp³-hybridized carbons (Fsp3) is 0.188. The summed E-state index contributed by atoms with van der Waals surface area (Å²) in [4.78, 5) is 12.1. The Hall–Kier alpha value is -1.80. The maximum Gasteiger partial charge on any atom is 0.180 e. The normalized spacial score (nSPS) is 11.9. The van der Waals surface area contributed by atoms with Crippen LogP contribution in [0, 0.1) is 0 Å². The quantitative estimate of drug-likeness (QED) is 0.613. The number of methoxy groups -OCH3 is 1. The first-order valence-electron chi connectivity index (χ1n) is 6.07. The standard InChI is InChI=1S/C16H15ClO2/c1-19-14-9-7-12(8-10-14)11-15(17)16(18)13-5-3-2-4-6-13/h2-10,15H,11H2,1H3. The second kappa shape index (κ2) is 6.39. The fourth-order valence-corrected chi connectivity index (χ4v) is 2.15. The number of benzene rings is 2. The zero-order chi connectivity index (χ0) is 13.7. The van der Waals surface area contributed by atoms with Crippen LogP contribution in [0.5, 0.6) is 5.75 Å². The third-order valence-electron chi connectivity index (χ3n) is 2.92. The Morgan fingerprint density at radius 1 is 1.11 bits per heavy atom. The van der Waals surface area contributed by atoms with Gasteiger partial charge in [-0.1, -0.05) is 42.5 Å². The van der Waals surface area contributed by atoms with Crippen LogP contribution in [0.2, 0.25) is 0 Å². The molecule has 0 saturated carbocycles. The molecular formula is C16H15ClO2. The van der Waals surface area contributed by atoms with E-state index >= 15 is 0 Å². The number of carbonyl (C=O) groups excluding carboxylic acids is 1. The Bertz CT molecular complexity index is 534. The van der Waals surface area contributed by atoms with Crippen molar-refractivity contribution in [2.45, 2.75) is 11.8 Å². The number of alkyl halides is 1. The molecule has 0 amide bonds. The van der Waals surface area contributed by atoms with Crippen LogP contribution in [0.4, 0.5) is 0 Å². The molecule has 0 fully saturated rings. The van der Waals surface area contributed by atoms with Gasteiger partial charge in [-0.3, -0.25) is 4.79 Å². The zero-order valence-electron chi connectivity index (χ0n) is 10.7. The van der Waals surface area contributed by atoms with Crippen molar-refractivity contribution in [2.24, 2.45) is 0 Å². The third-order valence-corrected chi connectivity index (χ3v) is 3.27. The molecule has 0 heterocycles. The van der Waals surface area contributed by atoms with Crippen LogP contribution in [-0.2, 0) is 6.42 Å². The Morgan fingerprint density at radius 3 is 2.32 bits per heavy atom. The van der Waals surface area contributed by atoms with Crippen molar-refractivity contribution in [1.82, 2.24) is 0 Å². The largest absolute Gasteiger partial charge is 0.497 e. The van der Waals surface area contributed by atoms with Crippen molar-refractivity contribution >= 4 is 17.4 Å². The van der Waals surface area contributed by atoms with Gasteiger partial charge in [-0.05, 0) is 24.1 Å². The van der Waals surface area contributed by atoms with Gasteiger partial charge in [0.05, 0.1) is 7.11 Å². The molecule has 0 radical (unpaired) electrons. The summed E-state index contributed by atoms with van der Waals surface area (Å²) in [6, 6.07) is 16.7. The predicted octanol–water partition coefficient (Wildman–Crippen LogP) is 3.73. The summed E-state index contributed by atoms with van der Waals surface area (Å²) in [5.74, 6) is 0.752. The van der Waals surface area contributed by atoms with E-state index in [4.69, 9.17) is 16.3 Å². The van der Waals surface area contributed by atoms with Gasteiger partial charge in [0.25, 0.3) is 0 Å². The van der Waals surface area contributed by atoms with Crippen LogP contribution in [-0.4, -0.2) is 18.3 Å². The Kier molecular flexibility index (Phi) is 4.58. The highest BCUT2D eigenvalue weighted by molar-refractivity contribution is 6.34. The van der Waals surface area contributed by atoms with Gasteiger partial charge in [0, 0.05) is 5.56 Å². The Labute approximate surface area is 118 Å². The Balaban J connectivity index is 2.04. The lowest BCUT2D eigenvalue weighted by Gasteiger charge is -2.09. The minimum absolute atomic E-state index is 0.0434. The van der Waals surface area contributed by atoms with Crippen molar-refractivity contribution in [3.8, 4) is 5.75 Å². The lowest BCUT2D eigenvalue weighted by Crippen LogP contribution is -2.17. The van der Waals surface area contributed by atoms with Crippen molar-refractivity contribution < 1.29 is 9.53 Å². The SMILES string of the molecule is COc1ccc(CC(Cl)C(=O)c2ccccc2)cc1. The summed E-state index contributed by atoms with van der Waals surface area (Å²) in [6.07, 6.45) is 0.513. The van der Waals surface area contributed by atoms with E-state index in [9.17, 15) is 4.79 Å². The molecular weight excluding hydrogens is 260 g/mol. The molecule has 0 aliphatic heterocycles. The average molecular weight is 275 g/mol. The van der Waals surface area contributed by atoms with Gasteiger partial charge in [-0.2, -0.15) is 0 Å². The van der Waals surface area contributed by atoms with E-state index in [2.05, 4.69) is 0 Å². The van der Waals surface area contributed by atoms with Gasteiger partial charge in [0.15, 0.2) is 5.78 Å². The van der Waals surface area contributed by atoms with E-state index in [-0.39, 0.29) is 5.78 Å². The highest BCUT2D eigenvalue weighted by Crippen LogP contribution is 2.17. The van der Waals surface area contributed by atoms with Gasteiger partial charge in [-0.25, -0.2) is 0 Å². The maximum atomic E-state index is 12.1. The number of ketones is 1. The number of hydrogen-bond acceptors (Lipinski definition) is 2. The van der Waals surface area contributed by atoms with Crippen molar-refractivity contribution in [1.29, 1.82) is 0 Å². The second-order valence-corrected chi connectivity index (χ2v) is 4.78. The minimum atomic E-state index is -0.546. The molecule has 0 aromatic heterocycles. The van der Waals surface area contributed by atoms with Gasteiger partial charge in [-0.15, -0.1) is 11.6 Å². The van der Waals surface area contributed by atoms with Gasteiger partial charge >= 0.3 is 0 Å². The second-order valence-electron chi connectivity index (χ2n) is 4.25. The summed E-state index contributed by atoms with van der Waals surface area (Å²) in [6.45, 7) is 0. The zero-order valence-corrected chi connectivity index (χ0v) is 11.4. The topological polar surface area (TPSA) is 26.3 Å². The number of hydrogen-bond donors (Lipinski definition) is 0. The number of halogens is 1. The molecule has 0 bridgehead atoms. The summed E-state index contributed by atoms with van der Waals surface area (Å²) in [5, 5.41) is -0.546. The van der Waals surface area contributed by atoms with Crippen molar-refractivity contribution in [3.63, 3.8) is 0 Å². The van der Waals surface area contributed by atoms with E-state index < -0.39 is 5.38 Å². The molecule has 0 saturated heterocycles. The predicted molar refractivity (Wildman–Crippen MR) is 77.1 cm³/mol. The minimum Gasteiger partial charge on any atom is -0.497 e. The Morgan fingerprint density at radius 2 is 1.74 bits per heavy atom. The monoisotopic (exact) mass is 274 g/mol. The van der Waals surface area contributed by atoms with Crippen LogP contribution in [0.25, 0.3) is 0 Å². The van der Waals surface area contributed by atoms with E-state index in [1.54, 1.807) is 19.2 Å². The summed E-state index contributed by atoms with van der Waals surface area (Å²) >= 11 is 6.19. The molecule has 0 spiro atoms. The van der Waals surface area contributed by atoms with Crippen LogP contribution in [0.15, 0.2) is 54.6 Å². The molecule has 19 heavy (non-hydrogen) atoms. The van der Waals surface area contributed by atoms with Gasteiger partial charge in [0.1, 0.15) is 11.1 Å².